The Labute approximate surface area is 301 Å². The number of ether oxygens (including phenoxy) is 4. The molecule has 10 heteroatoms. The molecule has 264 valence electrons. The minimum atomic E-state index is -1.76. The van der Waals surface area contributed by atoms with Crippen molar-refractivity contribution in [1.82, 2.24) is 9.80 Å². The van der Waals surface area contributed by atoms with E-state index in [1.54, 1.807) is 99.1 Å². The zero-order chi connectivity index (χ0) is 36.3. The molecule has 0 saturated heterocycles. The van der Waals surface area contributed by atoms with Crippen LogP contribution < -0.4 is 9.47 Å². The van der Waals surface area contributed by atoms with Crippen molar-refractivity contribution in [2.24, 2.45) is 10.8 Å². The third-order valence-corrected chi connectivity index (χ3v) is 10.2. The van der Waals surface area contributed by atoms with Gasteiger partial charge in [0.25, 0.3) is 0 Å². The molecular weight excluding hydrogens is 660 g/mol. The van der Waals surface area contributed by atoms with Crippen LogP contribution in [0.4, 0.5) is 9.59 Å². The maximum atomic E-state index is 15.0. The van der Waals surface area contributed by atoms with Crippen LogP contribution in [0.1, 0.15) is 36.8 Å². The Bertz CT molecular complexity index is 1830. The van der Waals surface area contributed by atoms with Crippen molar-refractivity contribution in [3.8, 4) is 11.5 Å². The van der Waals surface area contributed by atoms with Crippen LogP contribution >= 0.6 is 0 Å². The largest absolute Gasteiger partial charge is 0.465 e. The summed E-state index contributed by atoms with van der Waals surface area (Å²) >= 11 is 0. The third kappa shape index (κ3) is 5.42. The lowest BCUT2D eigenvalue weighted by molar-refractivity contribution is -0.238. The van der Waals surface area contributed by atoms with Crippen molar-refractivity contribution < 1.29 is 38.1 Å². The highest BCUT2D eigenvalue weighted by Gasteiger charge is 2.87. The van der Waals surface area contributed by atoms with Crippen LogP contribution in [0.25, 0.3) is 0 Å². The molecule has 4 unspecified atom stereocenters. The number of para-hydroxylation sites is 2. The number of fused-ring (bicyclic) bond motifs is 4. The lowest BCUT2D eigenvalue weighted by atomic mass is 9.35. The van der Waals surface area contributed by atoms with E-state index < -0.39 is 58.9 Å². The Kier molecular flexibility index (Phi) is 9.38. The van der Waals surface area contributed by atoms with Crippen molar-refractivity contribution in [2.45, 2.75) is 37.8 Å². The molecule has 1 saturated carbocycles. The number of hydrogen-bond acceptors (Lipinski definition) is 8. The lowest BCUT2D eigenvalue weighted by Gasteiger charge is -2.73. The summed E-state index contributed by atoms with van der Waals surface area (Å²) in [6, 6.07) is 33.1. The molecular formula is C42H38N2O8. The Morgan fingerprint density at radius 2 is 0.846 bits per heavy atom. The summed E-state index contributed by atoms with van der Waals surface area (Å²) in [6.45, 7) is 3.37. The van der Waals surface area contributed by atoms with Gasteiger partial charge in [-0.2, -0.15) is 0 Å². The zero-order valence-corrected chi connectivity index (χ0v) is 28.7. The molecule has 1 aliphatic carbocycles. The zero-order valence-electron chi connectivity index (χ0n) is 28.7. The maximum absolute atomic E-state index is 15.0. The van der Waals surface area contributed by atoms with Crippen LogP contribution in [-0.4, -0.2) is 59.2 Å². The standard InChI is InChI=1S/C42H38N2O8/c1-3-49-37(45)41-33(29-17-9-5-10-18-29)25-27-43(39(47)51-31-21-13-7-14-22-31)35(41)42(38(46)50-4-2)34(30-19-11-6-12-20-30)26-28-44(36(41)42)40(48)52-32-23-15-8-16-24-32/h5-28,33-36H,3-4H2,1-2H3/t33-,34+,35?,36?,41?,42?. The van der Waals surface area contributed by atoms with Crippen LogP contribution in [-0.2, 0) is 19.1 Å². The smallest absolute Gasteiger partial charge is 0.419 e. The van der Waals surface area contributed by atoms with E-state index in [4.69, 9.17) is 18.9 Å². The van der Waals surface area contributed by atoms with Gasteiger partial charge in [0.1, 0.15) is 22.3 Å². The fourth-order valence-corrected chi connectivity index (χ4v) is 8.37. The molecule has 6 atom stereocenters. The second-order valence-electron chi connectivity index (χ2n) is 12.7. The second kappa shape index (κ2) is 14.2. The van der Waals surface area contributed by atoms with Gasteiger partial charge >= 0.3 is 24.1 Å². The summed E-state index contributed by atoms with van der Waals surface area (Å²) in [7, 11) is 0. The molecule has 0 N–H and O–H groups in total. The molecule has 2 heterocycles. The summed E-state index contributed by atoms with van der Waals surface area (Å²) in [5.74, 6) is -2.40. The predicted octanol–water partition coefficient (Wildman–Crippen LogP) is 7.46. The molecule has 0 radical (unpaired) electrons. The Morgan fingerprint density at radius 3 is 1.17 bits per heavy atom. The topological polar surface area (TPSA) is 112 Å². The van der Waals surface area contributed by atoms with Crippen molar-refractivity contribution in [3.63, 3.8) is 0 Å². The first kappa shape index (κ1) is 34.3. The average Bonchev–Trinajstić information content (AvgIpc) is 3.17. The SMILES string of the molecule is CCOC(=O)C12C(N(C(=O)Oc3ccccc3)C=C[C@@H]1c1ccccc1)C1(C(=O)OCC)C2N(C(=O)Oc2ccccc2)C=C[C@H]1c1ccccc1. The van der Waals surface area contributed by atoms with E-state index in [2.05, 4.69) is 0 Å². The molecule has 4 aromatic carbocycles. The summed E-state index contributed by atoms with van der Waals surface area (Å²) in [5, 5.41) is 0. The Balaban J connectivity index is 1.52. The van der Waals surface area contributed by atoms with Gasteiger partial charge in [0.05, 0.1) is 25.3 Å². The number of rotatable bonds is 8. The van der Waals surface area contributed by atoms with Crippen LogP contribution in [0.5, 0.6) is 11.5 Å². The molecule has 2 amide bonds. The highest BCUT2D eigenvalue weighted by molar-refractivity contribution is 5.96. The van der Waals surface area contributed by atoms with Gasteiger partial charge in [0, 0.05) is 24.2 Å². The van der Waals surface area contributed by atoms with Gasteiger partial charge in [-0.15, -0.1) is 0 Å². The first-order valence-electron chi connectivity index (χ1n) is 17.3. The Hall–Kier alpha value is -6.16. The molecule has 3 aliphatic rings. The van der Waals surface area contributed by atoms with Gasteiger partial charge in [-0.05, 0) is 49.2 Å². The van der Waals surface area contributed by atoms with Crippen molar-refractivity contribution in [2.75, 3.05) is 13.2 Å². The van der Waals surface area contributed by atoms with E-state index in [1.165, 1.54) is 9.80 Å². The molecule has 0 aromatic heterocycles. The number of carbonyl (C=O) groups is 4. The predicted molar refractivity (Wildman–Crippen MR) is 191 cm³/mol. The first-order valence-corrected chi connectivity index (χ1v) is 17.3. The Morgan fingerprint density at radius 1 is 0.519 bits per heavy atom. The monoisotopic (exact) mass is 698 g/mol. The van der Waals surface area contributed by atoms with E-state index >= 15 is 9.59 Å². The summed E-state index contributed by atoms with van der Waals surface area (Å²) in [4.78, 5) is 61.6. The van der Waals surface area contributed by atoms with E-state index in [9.17, 15) is 9.59 Å². The highest BCUT2D eigenvalue weighted by Crippen LogP contribution is 2.73. The number of nitrogens with zero attached hydrogens (tertiary/aromatic N) is 2. The number of hydrogen-bond donors (Lipinski definition) is 0. The first-order chi connectivity index (χ1) is 25.4. The summed E-state index contributed by atoms with van der Waals surface area (Å²) in [6.07, 6.45) is 4.95. The van der Waals surface area contributed by atoms with Crippen LogP contribution in [0.15, 0.2) is 146 Å². The number of allylic oxidation sites excluding steroid dienone is 2. The van der Waals surface area contributed by atoms with E-state index in [-0.39, 0.29) is 24.7 Å². The van der Waals surface area contributed by atoms with Gasteiger partial charge in [-0.25, -0.2) is 9.59 Å². The van der Waals surface area contributed by atoms with Crippen molar-refractivity contribution >= 4 is 24.1 Å². The van der Waals surface area contributed by atoms with Crippen molar-refractivity contribution in [1.29, 1.82) is 0 Å². The quantitative estimate of drug-likeness (QED) is 0.175. The van der Waals surface area contributed by atoms with Gasteiger partial charge in [-0.3, -0.25) is 19.4 Å². The molecule has 0 bridgehead atoms. The van der Waals surface area contributed by atoms with E-state index in [0.29, 0.717) is 11.1 Å². The second-order valence-corrected chi connectivity index (χ2v) is 12.7. The highest BCUT2D eigenvalue weighted by atomic mass is 16.6. The van der Waals surface area contributed by atoms with E-state index in [1.807, 2.05) is 60.7 Å². The van der Waals surface area contributed by atoms with E-state index in [0.717, 1.165) is 0 Å². The molecule has 0 spiro atoms. The number of carbonyl (C=O) groups excluding carboxylic acids is 4. The molecule has 52 heavy (non-hydrogen) atoms. The van der Waals surface area contributed by atoms with Crippen LogP contribution in [0.2, 0.25) is 0 Å². The van der Waals surface area contributed by atoms with Gasteiger partial charge in [0.15, 0.2) is 0 Å². The average molecular weight is 699 g/mol. The van der Waals surface area contributed by atoms with Crippen LogP contribution in [0.3, 0.4) is 0 Å². The molecule has 4 aromatic rings. The summed E-state index contributed by atoms with van der Waals surface area (Å²) in [5.41, 5.74) is -2.09. The van der Waals surface area contributed by atoms with Gasteiger partial charge in [0.2, 0.25) is 0 Å². The maximum Gasteiger partial charge on any atom is 0.419 e. The molecule has 7 rings (SSSR count). The summed E-state index contributed by atoms with van der Waals surface area (Å²) < 4.78 is 23.6. The fourth-order valence-electron chi connectivity index (χ4n) is 8.37. The normalized spacial score (nSPS) is 25.5. The molecule has 1 fully saturated rings. The van der Waals surface area contributed by atoms with Gasteiger partial charge in [-0.1, -0.05) is 109 Å². The number of benzene rings is 4. The lowest BCUT2D eigenvalue weighted by Crippen LogP contribution is -2.88. The third-order valence-electron chi connectivity index (χ3n) is 10.2. The minimum Gasteiger partial charge on any atom is -0.465 e. The van der Waals surface area contributed by atoms with Crippen LogP contribution in [0, 0.1) is 10.8 Å². The molecule has 2 aliphatic heterocycles. The number of amides is 2. The minimum absolute atomic E-state index is 0.00146. The fraction of sp³-hybridized carbons (Fsp3) is 0.238. The molecule has 10 nitrogen and oxygen atoms in total. The van der Waals surface area contributed by atoms with Gasteiger partial charge < -0.3 is 18.9 Å². The van der Waals surface area contributed by atoms with Crippen molar-refractivity contribution in [3.05, 3.63) is 157 Å². The number of esters is 2.